The smallest absolute Gasteiger partial charge is 0.376 e. The van der Waals surface area contributed by atoms with Gasteiger partial charge in [0.25, 0.3) is 0 Å². The van der Waals surface area contributed by atoms with E-state index in [9.17, 15) is 18.0 Å². The number of anilines is 1. The Labute approximate surface area is 140 Å². The summed E-state index contributed by atoms with van der Waals surface area (Å²) in [6, 6.07) is -0.966. The molecule has 0 bridgehead atoms. The van der Waals surface area contributed by atoms with Gasteiger partial charge in [-0.3, -0.25) is 10.1 Å². The van der Waals surface area contributed by atoms with Gasteiger partial charge in [-0.05, 0) is 26.7 Å². The number of rotatable bonds is 5. The average Bonchev–Trinajstić information content (AvgIpc) is 2.87. The van der Waals surface area contributed by atoms with Gasteiger partial charge < -0.3 is 9.15 Å². The Balaban J connectivity index is 2.14. The van der Waals surface area contributed by atoms with Crippen molar-refractivity contribution in [2.75, 3.05) is 24.7 Å². The number of aryl methyl sites for hydroxylation is 1. The van der Waals surface area contributed by atoms with Crippen LogP contribution in [0.1, 0.15) is 42.4 Å². The van der Waals surface area contributed by atoms with Crippen LogP contribution in [0.2, 0.25) is 0 Å². The highest BCUT2D eigenvalue weighted by Crippen LogP contribution is 2.22. The first-order chi connectivity index (χ1) is 11.2. The molecule has 0 unspecified atom stereocenters. The normalized spacial score (nSPS) is 19.0. The second kappa shape index (κ2) is 7.31. The second-order valence-electron chi connectivity index (χ2n) is 5.53. The van der Waals surface area contributed by atoms with Crippen molar-refractivity contribution < 1.29 is 27.2 Å². The Kier molecular flexibility index (Phi) is 5.60. The molecule has 2 rings (SSSR count). The summed E-state index contributed by atoms with van der Waals surface area (Å²) in [5.74, 6) is -1.29. The van der Waals surface area contributed by atoms with Crippen LogP contribution in [0.4, 0.5) is 6.01 Å². The van der Waals surface area contributed by atoms with Crippen LogP contribution < -0.4 is 5.32 Å². The van der Waals surface area contributed by atoms with Gasteiger partial charge in [0, 0.05) is 6.54 Å². The van der Waals surface area contributed by atoms with Crippen molar-refractivity contribution in [3.05, 3.63) is 11.5 Å². The van der Waals surface area contributed by atoms with Crippen molar-refractivity contribution >= 4 is 27.9 Å². The standard InChI is InChI=1S/C14H21N3O6S/c1-4-22-13(19)11-9(2)15-14(23-11)16-12(18)10-7-5-6-8-17(10)24(3,20)21/h10H,4-8H2,1-3H3,(H,15,16,18)/t10-/m1/s1. The fourth-order valence-electron chi connectivity index (χ4n) is 2.59. The van der Waals surface area contributed by atoms with E-state index in [1.807, 2.05) is 0 Å². The van der Waals surface area contributed by atoms with Crippen LogP contribution in [0, 0.1) is 6.92 Å². The van der Waals surface area contributed by atoms with Crippen LogP contribution in [-0.4, -0.2) is 55.0 Å². The minimum absolute atomic E-state index is 0.0873. The zero-order valence-electron chi connectivity index (χ0n) is 13.9. The van der Waals surface area contributed by atoms with Gasteiger partial charge in [-0.1, -0.05) is 6.42 Å². The Morgan fingerprint density at radius 1 is 1.42 bits per heavy atom. The maximum atomic E-state index is 12.4. The van der Waals surface area contributed by atoms with E-state index in [4.69, 9.17) is 9.15 Å². The molecule has 1 aromatic rings. The summed E-state index contributed by atoms with van der Waals surface area (Å²) in [5.41, 5.74) is 0.285. The zero-order valence-corrected chi connectivity index (χ0v) is 14.7. The minimum atomic E-state index is -3.49. The molecule has 1 saturated heterocycles. The predicted octanol–water partition coefficient (Wildman–Crippen LogP) is 0.912. The van der Waals surface area contributed by atoms with Crippen LogP contribution in [-0.2, 0) is 19.6 Å². The number of amides is 1. The number of nitrogens with zero attached hydrogens (tertiary/aromatic N) is 2. The molecule has 1 amide bonds. The SMILES string of the molecule is CCOC(=O)c1oc(NC(=O)[C@H]2CCCCN2S(C)(=O)=O)nc1C. The summed E-state index contributed by atoms with van der Waals surface area (Å²) >= 11 is 0. The highest BCUT2D eigenvalue weighted by molar-refractivity contribution is 7.88. The van der Waals surface area contributed by atoms with E-state index in [0.717, 1.165) is 12.7 Å². The van der Waals surface area contributed by atoms with Crippen LogP contribution in [0.5, 0.6) is 0 Å². The first-order valence-electron chi connectivity index (χ1n) is 7.66. The molecule has 24 heavy (non-hydrogen) atoms. The third kappa shape index (κ3) is 4.12. The number of piperidine rings is 1. The largest absolute Gasteiger partial charge is 0.460 e. The Morgan fingerprint density at radius 2 is 2.12 bits per heavy atom. The van der Waals surface area contributed by atoms with Gasteiger partial charge in [0.15, 0.2) is 0 Å². The number of hydrogen-bond donors (Lipinski definition) is 1. The highest BCUT2D eigenvalue weighted by Gasteiger charge is 2.35. The Morgan fingerprint density at radius 3 is 2.75 bits per heavy atom. The lowest BCUT2D eigenvalue weighted by Gasteiger charge is -2.32. The topological polar surface area (TPSA) is 119 Å². The molecule has 1 aliphatic rings. The molecule has 0 aromatic carbocycles. The number of nitrogens with one attached hydrogen (secondary N) is 1. The zero-order chi connectivity index (χ0) is 17.9. The molecular formula is C14H21N3O6S. The molecule has 1 aliphatic heterocycles. The average molecular weight is 359 g/mol. The van der Waals surface area contributed by atoms with Gasteiger partial charge in [0.05, 0.1) is 18.6 Å². The summed E-state index contributed by atoms with van der Waals surface area (Å²) < 4.78 is 34.9. The lowest BCUT2D eigenvalue weighted by molar-refractivity contribution is -0.120. The molecule has 1 aromatic heterocycles. The molecule has 1 N–H and O–H groups in total. The second-order valence-corrected chi connectivity index (χ2v) is 7.46. The number of carbonyl (C=O) groups excluding carboxylic acids is 2. The van der Waals surface area contributed by atoms with Crippen molar-refractivity contribution in [3.8, 4) is 0 Å². The molecule has 134 valence electrons. The third-order valence-corrected chi connectivity index (χ3v) is 4.96. The number of hydrogen-bond acceptors (Lipinski definition) is 7. The van der Waals surface area contributed by atoms with Crippen LogP contribution >= 0.6 is 0 Å². The highest BCUT2D eigenvalue weighted by atomic mass is 32.2. The fourth-order valence-corrected chi connectivity index (χ4v) is 3.71. The Bertz CT molecular complexity index is 727. The number of aromatic nitrogens is 1. The third-order valence-electron chi connectivity index (χ3n) is 3.67. The summed E-state index contributed by atoms with van der Waals surface area (Å²) in [6.07, 6.45) is 2.96. The number of sulfonamides is 1. The molecule has 2 heterocycles. The first kappa shape index (κ1) is 18.4. The van der Waals surface area contributed by atoms with E-state index in [1.165, 1.54) is 4.31 Å². The predicted molar refractivity (Wildman–Crippen MR) is 85.0 cm³/mol. The molecule has 0 radical (unpaired) electrons. The van der Waals surface area contributed by atoms with E-state index in [-0.39, 0.29) is 24.1 Å². The van der Waals surface area contributed by atoms with E-state index < -0.39 is 27.9 Å². The molecule has 0 saturated carbocycles. The molecule has 1 atom stereocenters. The van der Waals surface area contributed by atoms with Gasteiger partial charge in [-0.15, -0.1) is 0 Å². The number of carbonyl (C=O) groups is 2. The van der Waals surface area contributed by atoms with Gasteiger partial charge >= 0.3 is 12.0 Å². The summed E-state index contributed by atoms with van der Waals surface area (Å²) in [5, 5.41) is 2.44. The fraction of sp³-hybridized carbons (Fsp3) is 0.643. The van der Waals surface area contributed by atoms with E-state index in [0.29, 0.717) is 19.4 Å². The summed E-state index contributed by atoms with van der Waals surface area (Å²) in [6.45, 7) is 3.70. The molecule has 9 nitrogen and oxygen atoms in total. The van der Waals surface area contributed by atoms with Crippen molar-refractivity contribution in [1.82, 2.24) is 9.29 Å². The van der Waals surface area contributed by atoms with Gasteiger partial charge in [0.1, 0.15) is 6.04 Å². The van der Waals surface area contributed by atoms with Crippen molar-refractivity contribution in [2.45, 2.75) is 39.2 Å². The number of oxazole rings is 1. The molecule has 10 heteroatoms. The quantitative estimate of drug-likeness (QED) is 0.776. The van der Waals surface area contributed by atoms with Crippen LogP contribution in [0.3, 0.4) is 0 Å². The van der Waals surface area contributed by atoms with Gasteiger partial charge in [-0.25, -0.2) is 13.2 Å². The number of ether oxygens (including phenoxy) is 1. The molecule has 1 fully saturated rings. The maximum Gasteiger partial charge on any atom is 0.376 e. The van der Waals surface area contributed by atoms with E-state index >= 15 is 0 Å². The van der Waals surface area contributed by atoms with Crippen molar-refractivity contribution in [1.29, 1.82) is 0 Å². The lowest BCUT2D eigenvalue weighted by atomic mass is 10.0. The number of esters is 1. The Hall–Kier alpha value is -1.94. The first-order valence-corrected chi connectivity index (χ1v) is 9.51. The van der Waals surface area contributed by atoms with Crippen molar-refractivity contribution in [3.63, 3.8) is 0 Å². The van der Waals surface area contributed by atoms with E-state index in [1.54, 1.807) is 13.8 Å². The minimum Gasteiger partial charge on any atom is -0.460 e. The van der Waals surface area contributed by atoms with Crippen molar-refractivity contribution in [2.24, 2.45) is 0 Å². The monoisotopic (exact) mass is 359 g/mol. The molecular weight excluding hydrogens is 338 g/mol. The lowest BCUT2D eigenvalue weighted by Crippen LogP contribution is -2.49. The maximum absolute atomic E-state index is 12.4. The van der Waals surface area contributed by atoms with Gasteiger partial charge in [0.2, 0.25) is 21.7 Å². The summed E-state index contributed by atoms with van der Waals surface area (Å²) in [4.78, 5) is 28.1. The van der Waals surface area contributed by atoms with Crippen LogP contribution in [0.15, 0.2) is 4.42 Å². The molecule has 0 aliphatic carbocycles. The summed E-state index contributed by atoms with van der Waals surface area (Å²) in [7, 11) is -3.49. The molecule has 0 spiro atoms. The van der Waals surface area contributed by atoms with Crippen LogP contribution in [0.25, 0.3) is 0 Å². The van der Waals surface area contributed by atoms with E-state index in [2.05, 4.69) is 10.3 Å². The van der Waals surface area contributed by atoms with Gasteiger partial charge in [-0.2, -0.15) is 9.29 Å².